The number of hydrogen-bond acceptors (Lipinski definition) is 1. The molecule has 0 saturated carbocycles. The third kappa shape index (κ3) is 3.21. The SMILES string of the molecule is CC1(C)CCC(C)(C)c2cc3c(C4=CC=C(c5ccccc5)CC4)nccc3cc21. The first kappa shape index (κ1) is 19.3. The number of pyridine rings is 1. The Morgan fingerprint density at radius 3 is 2.03 bits per heavy atom. The van der Waals surface area contributed by atoms with Crippen LogP contribution < -0.4 is 0 Å². The molecular formula is C29H31N. The van der Waals surface area contributed by atoms with Crippen molar-refractivity contribution in [2.75, 3.05) is 0 Å². The molecule has 1 heteroatoms. The van der Waals surface area contributed by atoms with Gasteiger partial charge in [0, 0.05) is 11.6 Å². The highest BCUT2D eigenvalue weighted by Crippen LogP contribution is 2.47. The molecule has 152 valence electrons. The van der Waals surface area contributed by atoms with E-state index in [-0.39, 0.29) is 10.8 Å². The Morgan fingerprint density at radius 1 is 0.733 bits per heavy atom. The molecule has 0 atom stereocenters. The summed E-state index contributed by atoms with van der Waals surface area (Å²) in [6.45, 7) is 9.60. The zero-order valence-corrected chi connectivity index (χ0v) is 18.6. The van der Waals surface area contributed by atoms with Crippen LogP contribution in [0.15, 0.2) is 66.9 Å². The molecule has 0 fully saturated rings. The molecule has 5 rings (SSSR count). The summed E-state index contributed by atoms with van der Waals surface area (Å²) in [6, 6.07) is 17.8. The van der Waals surface area contributed by atoms with Gasteiger partial charge in [0.1, 0.15) is 0 Å². The first-order chi connectivity index (χ1) is 14.4. The Kier molecular flexibility index (Phi) is 4.47. The summed E-state index contributed by atoms with van der Waals surface area (Å²) in [5.41, 5.74) is 8.75. The summed E-state index contributed by atoms with van der Waals surface area (Å²) in [4.78, 5) is 4.86. The standard InChI is InChI=1S/C29H31N/c1-28(2)15-16-29(3,4)26-19-24-23(18-25(26)28)14-17-30-27(24)22-12-10-21(11-13-22)20-8-6-5-7-9-20/h5-10,12,14,17-19H,11,13,15-16H2,1-4H3. The molecule has 2 aliphatic rings. The molecule has 1 nitrogen and oxygen atoms in total. The van der Waals surface area contributed by atoms with E-state index in [2.05, 4.69) is 88.4 Å². The lowest BCUT2D eigenvalue weighted by molar-refractivity contribution is 0.332. The molecule has 0 bridgehead atoms. The number of rotatable bonds is 2. The van der Waals surface area contributed by atoms with Gasteiger partial charge in [-0.1, -0.05) is 76.2 Å². The molecule has 0 saturated heterocycles. The van der Waals surface area contributed by atoms with Crippen LogP contribution in [0.25, 0.3) is 21.9 Å². The lowest BCUT2D eigenvalue weighted by Crippen LogP contribution is -2.33. The maximum absolute atomic E-state index is 4.86. The van der Waals surface area contributed by atoms with E-state index in [4.69, 9.17) is 4.98 Å². The Labute approximate surface area is 180 Å². The van der Waals surface area contributed by atoms with Gasteiger partial charge in [0.05, 0.1) is 5.69 Å². The number of allylic oxidation sites excluding steroid dienone is 4. The van der Waals surface area contributed by atoms with Crippen LogP contribution in [0, 0.1) is 0 Å². The van der Waals surface area contributed by atoms with E-state index in [1.54, 1.807) is 0 Å². The van der Waals surface area contributed by atoms with Gasteiger partial charge >= 0.3 is 0 Å². The molecular weight excluding hydrogens is 362 g/mol. The van der Waals surface area contributed by atoms with Crippen molar-refractivity contribution in [1.29, 1.82) is 0 Å². The highest BCUT2D eigenvalue weighted by molar-refractivity contribution is 5.95. The van der Waals surface area contributed by atoms with Crippen LogP contribution in [-0.2, 0) is 10.8 Å². The molecule has 0 spiro atoms. The van der Waals surface area contributed by atoms with Crippen LogP contribution in [0.5, 0.6) is 0 Å². The minimum atomic E-state index is 0.216. The van der Waals surface area contributed by atoms with Gasteiger partial charge in [0.15, 0.2) is 0 Å². The molecule has 2 aromatic carbocycles. The maximum Gasteiger partial charge on any atom is 0.0740 e. The van der Waals surface area contributed by atoms with E-state index in [1.807, 2.05) is 6.20 Å². The second-order valence-corrected chi connectivity index (χ2v) is 10.3. The summed E-state index contributed by atoms with van der Waals surface area (Å²) >= 11 is 0. The third-order valence-corrected chi connectivity index (χ3v) is 7.33. The minimum absolute atomic E-state index is 0.216. The van der Waals surface area contributed by atoms with E-state index in [0.717, 1.165) is 18.5 Å². The Hall–Kier alpha value is -2.67. The van der Waals surface area contributed by atoms with Crippen LogP contribution in [0.2, 0.25) is 0 Å². The van der Waals surface area contributed by atoms with Crippen molar-refractivity contribution < 1.29 is 0 Å². The maximum atomic E-state index is 4.86. The number of hydrogen-bond donors (Lipinski definition) is 0. The van der Waals surface area contributed by atoms with Crippen molar-refractivity contribution >= 4 is 21.9 Å². The van der Waals surface area contributed by atoms with E-state index in [9.17, 15) is 0 Å². The predicted octanol–water partition coefficient (Wildman–Crippen LogP) is 7.84. The highest BCUT2D eigenvalue weighted by Gasteiger charge is 2.37. The van der Waals surface area contributed by atoms with Gasteiger partial charge < -0.3 is 0 Å². The van der Waals surface area contributed by atoms with E-state index in [0.29, 0.717) is 0 Å². The van der Waals surface area contributed by atoms with Crippen LogP contribution in [0.1, 0.15) is 75.8 Å². The summed E-state index contributed by atoms with van der Waals surface area (Å²) in [5.74, 6) is 0. The summed E-state index contributed by atoms with van der Waals surface area (Å²) < 4.78 is 0. The predicted molar refractivity (Wildman–Crippen MR) is 129 cm³/mol. The second-order valence-electron chi connectivity index (χ2n) is 10.3. The van der Waals surface area contributed by atoms with Crippen molar-refractivity contribution in [3.63, 3.8) is 0 Å². The van der Waals surface area contributed by atoms with Gasteiger partial charge in [0.2, 0.25) is 0 Å². The van der Waals surface area contributed by atoms with Gasteiger partial charge in [-0.2, -0.15) is 0 Å². The Balaban J connectivity index is 1.63. The van der Waals surface area contributed by atoms with Gasteiger partial charge in [0.25, 0.3) is 0 Å². The quantitative estimate of drug-likeness (QED) is 0.432. The summed E-state index contributed by atoms with van der Waals surface area (Å²) in [6.07, 6.45) is 11.2. The number of benzene rings is 2. The van der Waals surface area contributed by atoms with Gasteiger partial charge in [-0.3, -0.25) is 4.98 Å². The van der Waals surface area contributed by atoms with Crippen molar-refractivity contribution in [2.45, 2.75) is 64.2 Å². The van der Waals surface area contributed by atoms with Crippen LogP contribution in [-0.4, -0.2) is 4.98 Å². The molecule has 1 heterocycles. The largest absolute Gasteiger partial charge is 0.256 e. The van der Waals surface area contributed by atoms with Crippen LogP contribution >= 0.6 is 0 Å². The first-order valence-electron chi connectivity index (χ1n) is 11.2. The molecule has 0 unspecified atom stereocenters. The normalized spacial score (nSPS) is 19.7. The summed E-state index contributed by atoms with van der Waals surface area (Å²) in [5, 5.41) is 2.63. The fraction of sp³-hybridized carbons (Fsp3) is 0.345. The molecule has 2 aliphatic carbocycles. The smallest absolute Gasteiger partial charge is 0.0740 e. The average Bonchev–Trinajstić information content (AvgIpc) is 2.76. The zero-order valence-electron chi connectivity index (χ0n) is 18.6. The highest BCUT2D eigenvalue weighted by atomic mass is 14.7. The molecule has 0 amide bonds. The van der Waals surface area contributed by atoms with E-state index in [1.165, 1.54) is 51.5 Å². The Bertz CT molecular complexity index is 1180. The van der Waals surface area contributed by atoms with Crippen molar-refractivity contribution in [3.05, 3.63) is 89.3 Å². The first-order valence-corrected chi connectivity index (χ1v) is 11.2. The van der Waals surface area contributed by atoms with E-state index >= 15 is 0 Å². The summed E-state index contributed by atoms with van der Waals surface area (Å²) in [7, 11) is 0. The molecule has 3 aromatic rings. The number of fused-ring (bicyclic) bond motifs is 2. The second kappa shape index (κ2) is 6.94. The fourth-order valence-electron chi connectivity index (χ4n) is 5.22. The Morgan fingerprint density at radius 2 is 1.37 bits per heavy atom. The van der Waals surface area contributed by atoms with Crippen molar-refractivity contribution in [2.24, 2.45) is 0 Å². The molecule has 0 aliphatic heterocycles. The van der Waals surface area contributed by atoms with Crippen LogP contribution in [0.3, 0.4) is 0 Å². The molecule has 1 aromatic heterocycles. The van der Waals surface area contributed by atoms with Gasteiger partial charge in [-0.25, -0.2) is 0 Å². The molecule has 0 N–H and O–H groups in total. The number of aromatic nitrogens is 1. The lowest BCUT2D eigenvalue weighted by Gasteiger charge is -2.42. The number of nitrogens with zero attached hydrogens (tertiary/aromatic N) is 1. The van der Waals surface area contributed by atoms with E-state index < -0.39 is 0 Å². The minimum Gasteiger partial charge on any atom is -0.256 e. The molecule has 0 radical (unpaired) electrons. The zero-order chi connectivity index (χ0) is 20.9. The average molecular weight is 394 g/mol. The third-order valence-electron chi connectivity index (χ3n) is 7.33. The van der Waals surface area contributed by atoms with Crippen molar-refractivity contribution in [3.8, 4) is 0 Å². The fourth-order valence-corrected chi connectivity index (χ4v) is 5.22. The van der Waals surface area contributed by atoms with Gasteiger partial charge in [-0.05, 0) is 81.9 Å². The monoisotopic (exact) mass is 393 g/mol. The van der Waals surface area contributed by atoms with Gasteiger partial charge in [-0.15, -0.1) is 0 Å². The van der Waals surface area contributed by atoms with Crippen LogP contribution in [0.4, 0.5) is 0 Å². The lowest BCUT2D eigenvalue weighted by atomic mass is 9.62. The van der Waals surface area contributed by atoms with Crippen molar-refractivity contribution in [1.82, 2.24) is 4.98 Å². The topological polar surface area (TPSA) is 12.9 Å². The molecule has 30 heavy (non-hydrogen) atoms.